The second-order valence-electron chi connectivity index (χ2n) is 3.47. The molecule has 18 heavy (non-hydrogen) atoms. The van der Waals surface area contributed by atoms with Crippen molar-refractivity contribution in [2.24, 2.45) is 5.73 Å². The maximum atomic E-state index is 11.3. The molecule has 0 spiro atoms. The molecule has 5 heteroatoms. The van der Waals surface area contributed by atoms with Crippen LogP contribution in [-0.4, -0.2) is 25.1 Å². The Morgan fingerprint density at radius 3 is 2.61 bits per heavy atom. The van der Waals surface area contributed by atoms with Gasteiger partial charge in [0, 0.05) is 0 Å². The Labute approximate surface area is 105 Å². The molecule has 0 aliphatic carbocycles. The van der Waals surface area contributed by atoms with Gasteiger partial charge in [0.25, 0.3) is 5.91 Å². The smallest absolute Gasteiger partial charge is 0.336 e. The Bertz CT molecular complexity index is 468. The van der Waals surface area contributed by atoms with Crippen LogP contribution in [0.2, 0.25) is 0 Å². The molecule has 0 unspecified atom stereocenters. The minimum Gasteiger partial charge on any atom is -0.488 e. The number of nitrogens with two attached hydrogens (primary N) is 1. The maximum absolute atomic E-state index is 11.3. The van der Waals surface area contributed by atoms with Gasteiger partial charge in [0.05, 0.1) is 17.7 Å². The zero-order valence-electron chi connectivity index (χ0n) is 10.1. The predicted octanol–water partition coefficient (Wildman–Crippen LogP) is 1.28. The number of carbonyl (C=O) groups is 2. The Morgan fingerprint density at radius 2 is 2.00 bits per heavy atom. The summed E-state index contributed by atoms with van der Waals surface area (Å²) in [6.07, 6.45) is 0. The molecular weight excluding hydrogens is 234 g/mol. The second-order valence-corrected chi connectivity index (χ2v) is 3.47. The second kappa shape index (κ2) is 6.44. The van der Waals surface area contributed by atoms with Crippen molar-refractivity contribution in [3.63, 3.8) is 0 Å². The van der Waals surface area contributed by atoms with Crippen molar-refractivity contribution in [3.8, 4) is 5.75 Å². The fourth-order valence-corrected chi connectivity index (χ4v) is 1.25. The quantitative estimate of drug-likeness (QED) is 0.608. The van der Waals surface area contributed by atoms with E-state index in [2.05, 4.69) is 6.58 Å². The summed E-state index contributed by atoms with van der Waals surface area (Å²) in [6.45, 7) is 5.47. The molecule has 0 saturated heterocycles. The van der Waals surface area contributed by atoms with Gasteiger partial charge in [-0.05, 0) is 19.1 Å². The van der Waals surface area contributed by atoms with Gasteiger partial charge in [-0.3, -0.25) is 4.79 Å². The molecule has 96 valence electrons. The third-order valence-electron chi connectivity index (χ3n) is 2.12. The minimum absolute atomic E-state index is 0.0525. The molecule has 0 bridgehead atoms. The van der Waals surface area contributed by atoms with E-state index in [0.717, 1.165) is 0 Å². The van der Waals surface area contributed by atoms with Crippen molar-refractivity contribution in [3.05, 3.63) is 42.0 Å². The lowest BCUT2D eigenvalue weighted by Gasteiger charge is -2.10. The number of amides is 1. The summed E-state index contributed by atoms with van der Waals surface area (Å²) in [5.41, 5.74) is 5.63. The van der Waals surface area contributed by atoms with Crippen molar-refractivity contribution < 1.29 is 19.1 Å². The van der Waals surface area contributed by atoms with Crippen LogP contribution in [0.3, 0.4) is 0 Å². The topological polar surface area (TPSA) is 78.6 Å². The molecular formula is C13H15NO4. The van der Waals surface area contributed by atoms with Crippen LogP contribution < -0.4 is 10.5 Å². The van der Waals surface area contributed by atoms with E-state index in [9.17, 15) is 9.59 Å². The van der Waals surface area contributed by atoms with E-state index in [-0.39, 0.29) is 24.4 Å². The molecule has 0 radical (unpaired) electrons. The average Bonchev–Trinajstić information content (AvgIpc) is 2.36. The van der Waals surface area contributed by atoms with E-state index in [1.54, 1.807) is 31.2 Å². The number of hydrogen-bond acceptors (Lipinski definition) is 4. The highest BCUT2D eigenvalue weighted by atomic mass is 16.5. The number of benzene rings is 1. The first-order valence-electron chi connectivity index (χ1n) is 5.42. The standard InChI is InChI=1S/C13H15NO4/c1-3-17-13(16)9(2)8-18-11-7-5-4-6-10(11)12(14)15/h4-7H,2-3,8H2,1H3,(H2,14,15). The first-order chi connectivity index (χ1) is 8.56. The molecule has 0 fully saturated rings. The van der Waals surface area contributed by atoms with Gasteiger partial charge in [-0.2, -0.15) is 0 Å². The van der Waals surface area contributed by atoms with Gasteiger partial charge in [0.1, 0.15) is 12.4 Å². The number of primary amides is 1. The van der Waals surface area contributed by atoms with Crippen molar-refractivity contribution in [1.82, 2.24) is 0 Å². The lowest BCUT2D eigenvalue weighted by Crippen LogP contribution is -2.16. The Kier molecular flexibility index (Phi) is 4.92. The summed E-state index contributed by atoms with van der Waals surface area (Å²) in [5, 5.41) is 0. The number of esters is 1. The first kappa shape index (κ1) is 13.8. The zero-order chi connectivity index (χ0) is 13.5. The normalized spacial score (nSPS) is 9.61. The highest BCUT2D eigenvalue weighted by Crippen LogP contribution is 2.17. The summed E-state index contributed by atoms with van der Waals surface area (Å²) < 4.78 is 10.1. The van der Waals surface area contributed by atoms with E-state index in [1.807, 2.05) is 0 Å². The molecule has 0 atom stereocenters. The summed E-state index contributed by atoms with van der Waals surface area (Å²) in [5.74, 6) is -0.795. The number of ether oxygens (including phenoxy) is 2. The average molecular weight is 249 g/mol. The van der Waals surface area contributed by atoms with Gasteiger partial charge in [-0.1, -0.05) is 18.7 Å². The third-order valence-corrected chi connectivity index (χ3v) is 2.12. The van der Waals surface area contributed by atoms with E-state index >= 15 is 0 Å². The van der Waals surface area contributed by atoms with Crippen molar-refractivity contribution >= 4 is 11.9 Å². The third kappa shape index (κ3) is 3.62. The van der Waals surface area contributed by atoms with Crippen LogP contribution in [0.15, 0.2) is 36.4 Å². The van der Waals surface area contributed by atoms with Gasteiger partial charge in [0.15, 0.2) is 0 Å². The monoisotopic (exact) mass is 249 g/mol. The van der Waals surface area contributed by atoms with Crippen molar-refractivity contribution in [2.45, 2.75) is 6.92 Å². The van der Waals surface area contributed by atoms with E-state index in [1.165, 1.54) is 0 Å². The fraction of sp³-hybridized carbons (Fsp3) is 0.231. The van der Waals surface area contributed by atoms with Crippen LogP contribution in [-0.2, 0) is 9.53 Å². The summed E-state index contributed by atoms with van der Waals surface area (Å²) in [6, 6.07) is 6.52. The van der Waals surface area contributed by atoms with Gasteiger partial charge < -0.3 is 15.2 Å². The number of hydrogen-bond donors (Lipinski definition) is 1. The van der Waals surface area contributed by atoms with Crippen LogP contribution in [0.5, 0.6) is 5.75 Å². The summed E-state index contributed by atoms with van der Waals surface area (Å²) >= 11 is 0. The van der Waals surface area contributed by atoms with Crippen LogP contribution in [0.25, 0.3) is 0 Å². The largest absolute Gasteiger partial charge is 0.488 e. The molecule has 1 rings (SSSR count). The molecule has 0 heterocycles. The number of rotatable bonds is 6. The molecule has 0 aliphatic rings. The highest BCUT2D eigenvalue weighted by Gasteiger charge is 2.12. The molecule has 0 saturated carbocycles. The Balaban J connectivity index is 2.66. The Morgan fingerprint density at radius 1 is 1.33 bits per heavy atom. The van der Waals surface area contributed by atoms with Gasteiger partial charge in [0.2, 0.25) is 0 Å². The van der Waals surface area contributed by atoms with E-state index < -0.39 is 11.9 Å². The van der Waals surface area contributed by atoms with Crippen LogP contribution in [0, 0.1) is 0 Å². The molecule has 5 nitrogen and oxygen atoms in total. The van der Waals surface area contributed by atoms with Crippen LogP contribution >= 0.6 is 0 Å². The zero-order valence-corrected chi connectivity index (χ0v) is 10.1. The van der Waals surface area contributed by atoms with Crippen LogP contribution in [0.1, 0.15) is 17.3 Å². The van der Waals surface area contributed by atoms with Gasteiger partial charge in [-0.25, -0.2) is 4.79 Å². The van der Waals surface area contributed by atoms with Crippen LogP contribution in [0.4, 0.5) is 0 Å². The molecule has 2 N–H and O–H groups in total. The molecule has 0 aliphatic heterocycles. The van der Waals surface area contributed by atoms with Gasteiger partial charge in [-0.15, -0.1) is 0 Å². The molecule has 0 aromatic heterocycles. The van der Waals surface area contributed by atoms with Crippen molar-refractivity contribution in [1.29, 1.82) is 0 Å². The van der Waals surface area contributed by atoms with Gasteiger partial charge >= 0.3 is 5.97 Å². The molecule has 1 aromatic rings. The predicted molar refractivity (Wildman–Crippen MR) is 66.2 cm³/mol. The van der Waals surface area contributed by atoms with E-state index in [0.29, 0.717) is 5.75 Å². The summed E-state index contributed by atoms with van der Waals surface area (Å²) in [7, 11) is 0. The lowest BCUT2D eigenvalue weighted by molar-refractivity contribution is -0.138. The minimum atomic E-state index is -0.590. The van der Waals surface area contributed by atoms with Crippen molar-refractivity contribution in [2.75, 3.05) is 13.2 Å². The lowest BCUT2D eigenvalue weighted by atomic mass is 10.2. The highest BCUT2D eigenvalue weighted by molar-refractivity contribution is 5.95. The number of para-hydroxylation sites is 1. The Hall–Kier alpha value is -2.30. The maximum Gasteiger partial charge on any atom is 0.336 e. The summed E-state index contributed by atoms with van der Waals surface area (Å²) in [4.78, 5) is 22.4. The SMILES string of the molecule is C=C(COc1ccccc1C(N)=O)C(=O)OCC. The van der Waals surface area contributed by atoms with E-state index in [4.69, 9.17) is 15.2 Å². The molecule has 1 aromatic carbocycles. The first-order valence-corrected chi connectivity index (χ1v) is 5.42. The fourth-order valence-electron chi connectivity index (χ4n) is 1.25. The number of carbonyl (C=O) groups excluding carboxylic acids is 2. The molecule has 1 amide bonds.